The number of halogens is 1. The lowest BCUT2D eigenvalue weighted by molar-refractivity contribution is 0.0302. The van der Waals surface area contributed by atoms with Crippen molar-refractivity contribution in [2.75, 3.05) is 33.4 Å². The van der Waals surface area contributed by atoms with Crippen molar-refractivity contribution in [1.29, 1.82) is 0 Å². The summed E-state index contributed by atoms with van der Waals surface area (Å²) >= 11 is 0. The van der Waals surface area contributed by atoms with Gasteiger partial charge < -0.3 is 20.3 Å². The van der Waals surface area contributed by atoms with E-state index < -0.39 is 15.4 Å². The second-order valence-corrected chi connectivity index (χ2v) is 9.61. The highest BCUT2D eigenvalue weighted by atomic mass is 127. The fourth-order valence-corrected chi connectivity index (χ4v) is 3.38. The first kappa shape index (κ1) is 27.4. The maximum atomic E-state index is 11.9. The van der Waals surface area contributed by atoms with Crippen molar-refractivity contribution in [3.05, 3.63) is 29.3 Å². The molecule has 0 heterocycles. The van der Waals surface area contributed by atoms with E-state index >= 15 is 0 Å². The largest absolute Gasteiger partial charge is 0.444 e. The summed E-state index contributed by atoms with van der Waals surface area (Å²) < 4.78 is 28.7. The molecular weight excluding hydrogens is 507 g/mol. The fourth-order valence-electron chi connectivity index (χ4n) is 2.42. The SMILES string of the molecule is CN=C(NCCN(C)C(=O)OC(C)(C)C)NCc1ccc(S(C)(=O)=O)c(C)c1.I. The number of ether oxygens (including phenoxy) is 1. The Bertz CT molecular complexity index is 820. The van der Waals surface area contributed by atoms with Gasteiger partial charge >= 0.3 is 6.09 Å². The van der Waals surface area contributed by atoms with Crippen LogP contribution in [0.3, 0.4) is 0 Å². The maximum absolute atomic E-state index is 11.9. The molecule has 29 heavy (non-hydrogen) atoms. The van der Waals surface area contributed by atoms with Crippen LogP contribution in [0, 0.1) is 6.92 Å². The van der Waals surface area contributed by atoms with Crippen LogP contribution in [0.15, 0.2) is 28.1 Å². The molecule has 1 aromatic rings. The smallest absolute Gasteiger partial charge is 0.410 e. The zero-order valence-electron chi connectivity index (χ0n) is 18.2. The zero-order valence-corrected chi connectivity index (χ0v) is 21.3. The lowest BCUT2D eigenvalue weighted by Crippen LogP contribution is -2.42. The fraction of sp³-hybridized carbons (Fsp3) is 0.579. The normalized spacial score (nSPS) is 12.0. The number of aryl methyl sites for hydroxylation is 1. The molecule has 2 N–H and O–H groups in total. The minimum absolute atomic E-state index is 0. The Morgan fingerprint density at radius 3 is 2.34 bits per heavy atom. The van der Waals surface area contributed by atoms with Gasteiger partial charge in [0.05, 0.1) is 4.90 Å². The Hall–Kier alpha value is -1.56. The quantitative estimate of drug-likeness (QED) is 0.327. The van der Waals surface area contributed by atoms with Crippen molar-refractivity contribution < 1.29 is 17.9 Å². The molecule has 1 amide bonds. The van der Waals surface area contributed by atoms with Gasteiger partial charge in [0.15, 0.2) is 15.8 Å². The van der Waals surface area contributed by atoms with Crippen LogP contribution in [0.1, 0.15) is 31.9 Å². The van der Waals surface area contributed by atoms with Crippen molar-refractivity contribution in [3.63, 3.8) is 0 Å². The predicted molar refractivity (Wildman–Crippen MR) is 127 cm³/mol. The van der Waals surface area contributed by atoms with Gasteiger partial charge in [-0.1, -0.05) is 12.1 Å². The number of guanidine groups is 1. The summed E-state index contributed by atoms with van der Waals surface area (Å²) in [7, 11) is 0.112. The number of benzene rings is 1. The molecule has 0 aliphatic rings. The Balaban J connectivity index is 0.00000784. The zero-order chi connectivity index (χ0) is 21.5. The van der Waals surface area contributed by atoms with Crippen molar-refractivity contribution in [2.24, 2.45) is 4.99 Å². The second kappa shape index (κ2) is 11.6. The van der Waals surface area contributed by atoms with Crippen LogP contribution in [0.25, 0.3) is 0 Å². The first-order chi connectivity index (χ1) is 12.8. The number of aliphatic imine (C=N–C) groups is 1. The molecule has 1 rings (SSSR count). The first-order valence-corrected chi connectivity index (χ1v) is 10.9. The van der Waals surface area contributed by atoms with Gasteiger partial charge in [0.2, 0.25) is 0 Å². The Kier molecular flexibility index (Phi) is 11.0. The van der Waals surface area contributed by atoms with Gasteiger partial charge in [-0.25, -0.2) is 13.2 Å². The summed E-state index contributed by atoms with van der Waals surface area (Å²) in [5.74, 6) is 0.586. The number of carbonyl (C=O) groups excluding carboxylic acids is 1. The van der Waals surface area contributed by atoms with Crippen LogP contribution in [-0.4, -0.2) is 64.4 Å². The number of carbonyl (C=O) groups is 1. The van der Waals surface area contributed by atoms with Crippen LogP contribution >= 0.6 is 24.0 Å². The van der Waals surface area contributed by atoms with E-state index in [1.54, 1.807) is 33.2 Å². The molecule has 0 saturated heterocycles. The summed E-state index contributed by atoms with van der Waals surface area (Å²) in [5, 5.41) is 6.30. The average molecular weight is 540 g/mol. The highest BCUT2D eigenvalue weighted by Gasteiger charge is 2.19. The van der Waals surface area contributed by atoms with Gasteiger partial charge in [0, 0.05) is 40.0 Å². The van der Waals surface area contributed by atoms with Crippen molar-refractivity contribution in [2.45, 2.75) is 44.7 Å². The molecule has 0 unspecified atom stereocenters. The van der Waals surface area contributed by atoms with E-state index in [-0.39, 0.29) is 30.1 Å². The molecule has 0 aliphatic heterocycles. The number of nitrogens with one attached hydrogen (secondary N) is 2. The van der Waals surface area contributed by atoms with Gasteiger partial charge in [-0.15, -0.1) is 24.0 Å². The molecule has 8 nitrogen and oxygen atoms in total. The molecule has 0 radical (unpaired) electrons. The third-order valence-electron chi connectivity index (χ3n) is 3.77. The van der Waals surface area contributed by atoms with E-state index in [1.165, 1.54) is 11.2 Å². The van der Waals surface area contributed by atoms with E-state index in [9.17, 15) is 13.2 Å². The molecule has 0 bridgehead atoms. The van der Waals surface area contributed by atoms with Crippen molar-refractivity contribution in [3.8, 4) is 0 Å². The van der Waals surface area contributed by atoms with Gasteiger partial charge in [-0.3, -0.25) is 4.99 Å². The molecule has 166 valence electrons. The third-order valence-corrected chi connectivity index (χ3v) is 5.02. The van der Waals surface area contributed by atoms with Crippen molar-refractivity contribution >= 4 is 45.9 Å². The van der Waals surface area contributed by atoms with E-state index in [4.69, 9.17) is 4.74 Å². The second-order valence-electron chi connectivity index (χ2n) is 7.63. The molecule has 0 aliphatic carbocycles. The monoisotopic (exact) mass is 540 g/mol. The molecule has 0 saturated carbocycles. The Morgan fingerprint density at radius 1 is 1.24 bits per heavy atom. The lowest BCUT2D eigenvalue weighted by Gasteiger charge is -2.25. The number of hydrogen-bond acceptors (Lipinski definition) is 5. The number of amides is 1. The number of sulfone groups is 1. The summed E-state index contributed by atoms with van der Waals surface area (Å²) in [6.45, 7) is 8.71. The summed E-state index contributed by atoms with van der Waals surface area (Å²) in [5.41, 5.74) is 1.13. The van der Waals surface area contributed by atoms with E-state index in [1.807, 2.05) is 26.8 Å². The third kappa shape index (κ3) is 10.2. The lowest BCUT2D eigenvalue weighted by atomic mass is 10.1. The summed E-state index contributed by atoms with van der Waals surface area (Å²) in [4.78, 5) is 17.9. The highest BCUT2D eigenvalue weighted by molar-refractivity contribution is 14.0. The number of likely N-dealkylation sites (N-methyl/N-ethyl adjacent to an activating group) is 1. The number of hydrogen-bond donors (Lipinski definition) is 2. The van der Waals surface area contributed by atoms with Gasteiger partial charge in [0.1, 0.15) is 5.60 Å². The maximum Gasteiger partial charge on any atom is 0.410 e. The number of nitrogens with zero attached hydrogens (tertiary/aromatic N) is 2. The first-order valence-electron chi connectivity index (χ1n) is 9.01. The summed E-state index contributed by atoms with van der Waals surface area (Å²) in [6, 6.07) is 5.24. The van der Waals surface area contributed by atoms with Crippen molar-refractivity contribution in [1.82, 2.24) is 15.5 Å². The summed E-state index contributed by atoms with van der Waals surface area (Å²) in [6.07, 6.45) is 0.825. The van der Waals surface area contributed by atoms with Crippen LogP contribution in [0.5, 0.6) is 0 Å². The van der Waals surface area contributed by atoms with Gasteiger partial charge in [0.25, 0.3) is 0 Å². The minimum atomic E-state index is -3.22. The molecule has 0 spiro atoms. The van der Waals surface area contributed by atoms with E-state index in [0.29, 0.717) is 36.1 Å². The van der Waals surface area contributed by atoms with E-state index in [0.717, 1.165) is 5.56 Å². The highest BCUT2D eigenvalue weighted by Crippen LogP contribution is 2.16. The van der Waals surface area contributed by atoms with E-state index in [2.05, 4.69) is 15.6 Å². The molecule has 0 fully saturated rings. The standard InChI is InChI=1S/C19H32N4O4S.HI/c1-14-12-15(8-9-16(14)28(7,25)26)13-22-17(20-5)21-10-11-23(6)18(24)27-19(2,3)4;/h8-9,12H,10-11,13H2,1-7H3,(H2,20,21,22);1H. The number of rotatable bonds is 6. The Morgan fingerprint density at radius 2 is 1.86 bits per heavy atom. The average Bonchev–Trinajstić information content (AvgIpc) is 2.55. The Labute approximate surface area is 191 Å². The van der Waals surface area contributed by atoms with Crippen LogP contribution < -0.4 is 10.6 Å². The molecular formula is C19H33IN4O4S. The van der Waals surface area contributed by atoms with Gasteiger partial charge in [-0.2, -0.15) is 0 Å². The predicted octanol–water partition coefficient (Wildman–Crippen LogP) is 2.55. The minimum Gasteiger partial charge on any atom is -0.444 e. The van der Waals surface area contributed by atoms with Crippen LogP contribution in [0.4, 0.5) is 4.79 Å². The molecule has 0 aromatic heterocycles. The topological polar surface area (TPSA) is 100 Å². The molecule has 10 heteroatoms. The van der Waals surface area contributed by atoms with Crippen LogP contribution in [-0.2, 0) is 21.1 Å². The molecule has 1 aromatic carbocycles. The molecule has 0 atom stereocenters. The van der Waals surface area contributed by atoms with Gasteiger partial charge in [-0.05, 0) is 44.9 Å². The van der Waals surface area contributed by atoms with Crippen LogP contribution in [0.2, 0.25) is 0 Å².